The Balaban J connectivity index is 2.04. The van der Waals surface area contributed by atoms with Crippen molar-refractivity contribution in [3.8, 4) is 5.75 Å². The number of non-ortho nitro benzene ring substituents is 1. The second-order valence-corrected chi connectivity index (χ2v) is 3.94. The lowest BCUT2D eigenvalue weighted by Gasteiger charge is -2.17. The van der Waals surface area contributed by atoms with E-state index in [4.69, 9.17) is 4.84 Å². The van der Waals surface area contributed by atoms with Crippen LogP contribution < -0.4 is 10.3 Å². The van der Waals surface area contributed by atoms with Crippen molar-refractivity contribution >= 4 is 17.2 Å². The summed E-state index contributed by atoms with van der Waals surface area (Å²) in [4.78, 5) is 19.9. The number of nitro benzene ring substituents is 1. The third-order valence-corrected chi connectivity index (χ3v) is 2.69. The number of benzene rings is 2. The average molecular weight is 255 g/mol. The first-order valence-corrected chi connectivity index (χ1v) is 5.59. The maximum atomic E-state index is 10.7. The monoisotopic (exact) mass is 255 g/mol. The normalized spacial score (nSPS) is 12.7. The van der Waals surface area contributed by atoms with E-state index in [1.54, 1.807) is 0 Å². The van der Waals surface area contributed by atoms with Crippen molar-refractivity contribution in [2.45, 2.75) is 0 Å². The molecule has 0 spiro atoms. The Hall–Kier alpha value is -2.89. The van der Waals surface area contributed by atoms with Crippen molar-refractivity contribution in [3.05, 3.63) is 64.2 Å². The Kier molecular flexibility index (Phi) is 2.60. The molecule has 1 N–H and O–H groups in total. The molecule has 1 aliphatic heterocycles. The molecular formula is C13H9N3O3. The maximum Gasteiger partial charge on any atom is 0.271 e. The number of nitrogens with zero attached hydrogens (tertiary/aromatic N) is 2. The third kappa shape index (κ3) is 2.11. The van der Waals surface area contributed by atoms with Crippen molar-refractivity contribution in [2.24, 2.45) is 4.99 Å². The Bertz CT molecular complexity index is 668. The Labute approximate surface area is 108 Å². The van der Waals surface area contributed by atoms with Crippen LogP contribution in [0.25, 0.3) is 0 Å². The van der Waals surface area contributed by atoms with Crippen molar-refractivity contribution < 1.29 is 9.76 Å². The highest BCUT2D eigenvalue weighted by Gasteiger charge is 2.17. The number of fused-ring (bicyclic) bond motifs is 1. The highest BCUT2D eigenvalue weighted by molar-refractivity contribution is 6.01. The number of hydrogen-bond donors (Lipinski definition) is 1. The smallest absolute Gasteiger partial charge is 0.271 e. The van der Waals surface area contributed by atoms with E-state index in [0.29, 0.717) is 17.3 Å². The lowest BCUT2D eigenvalue weighted by Crippen LogP contribution is -2.30. The van der Waals surface area contributed by atoms with Gasteiger partial charge in [-0.05, 0) is 6.07 Å². The van der Waals surface area contributed by atoms with Gasteiger partial charge in [0.05, 0.1) is 4.92 Å². The molecule has 2 aromatic rings. The Morgan fingerprint density at radius 1 is 1.16 bits per heavy atom. The maximum absolute atomic E-state index is 10.7. The number of nitrogens with one attached hydrogen (secondary N) is 1. The molecule has 1 heterocycles. The number of amidine groups is 1. The van der Waals surface area contributed by atoms with Gasteiger partial charge in [0.2, 0.25) is 0 Å². The quantitative estimate of drug-likeness (QED) is 0.660. The molecule has 6 heteroatoms. The molecule has 0 atom stereocenters. The van der Waals surface area contributed by atoms with Gasteiger partial charge in [-0.15, -0.1) is 0 Å². The lowest BCUT2D eigenvalue weighted by molar-refractivity contribution is -0.384. The average Bonchev–Trinajstić information content (AvgIpc) is 2.47. The third-order valence-electron chi connectivity index (χ3n) is 2.69. The summed E-state index contributed by atoms with van der Waals surface area (Å²) in [7, 11) is 0. The van der Waals surface area contributed by atoms with Crippen LogP contribution in [0.5, 0.6) is 5.75 Å². The van der Waals surface area contributed by atoms with E-state index in [2.05, 4.69) is 10.5 Å². The summed E-state index contributed by atoms with van der Waals surface area (Å²) in [5, 5.41) is 10.7. The summed E-state index contributed by atoms with van der Waals surface area (Å²) in [6.07, 6.45) is 0. The number of hydrogen-bond acceptors (Lipinski definition) is 5. The van der Waals surface area contributed by atoms with Crippen molar-refractivity contribution in [1.29, 1.82) is 0 Å². The number of hydroxylamine groups is 1. The highest BCUT2D eigenvalue weighted by Crippen LogP contribution is 2.33. The van der Waals surface area contributed by atoms with E-state index in [0.717, 1.165) is 5.56 Å². The molecule has 0 aliphatic carbocycles. The Morgan fingerprint density at radius 3 is 2.68 bits per heavy atom. The van der Waals surface area contributed by atoms with E-state index in [9.17, 15) is 10.1 Å². The van der Waals surface area contributed by atoms with Crippen LogP contribution in [0.2, 0.25) is 0 Å². The van der Waals surface area contributed by atoms with Crippen LogP contribution in [-0.2, 0) is 0 Å². The van der Waals surface area contributed by atoms with Crippen LogP contribution in [0.4, 0.5) is 11.4 Å². The molecule has 2 aromatic carbocycles. The molecule has 0 amide bonds. The first kappa shape index (κ1) is 11.2. The molecule has 6 nitrogen and oxygen atoms in total. The molecule has 0 radical (unpaired) electrons. The van der Waals surface area contributed by atoms with Gasteiger partial charge in [-0.3, -0.25) is 10.1 Å². The molecule has 0 fully saturated rings. The summed E-state index contributed by atoms with van der Waals surface area (Å²) in [5.74, 6) is 0.985. The molecule has 1 aliphatic rings. The van der Waals surface area contributed by atoms with E-state index < -0.39 is 4.92 Å². The minimum absolute atomic E-state index is 0.0135. The molecule has 0 saturated heterocycles. The van der Waals surface area contributed by atoms with E-state index in [-0.39, 0.29) is 5.69 Å². The summed E-state index contributed by atoms with van der Waals surface area (Å²) >= 11 is 0. The van der Waals surface area contributed by atoms with Crippen molar-refractivity contribution in [1.82, 2.24) is 5.48 Å². The van der Waals surface area contributed by atoms with E-state index in [1.165, 1.54) is 18.2 Å². The van der Waals surface area contributed by atoms with E-state index >= 15 is 0 Å². The summed E-state index contributed by atoms with van der Waals surface area (Å²) < 4.78 is 0. The topological polar surface area (TPSA) is 76.8 Å². The lowest BCUT2D eigenvalue weighted by atomic mass is 10.2. The fourth-order valence-corrected chi connectivity index (χ4v) is 1.76. The van der Waals surface area contributed by atoms with Gasteiger partial charge in [0.25, 0.3) is 5.69 Å². The second-order valence-electron chi connectivity index (χ2n) is 3.94. The van der Waals surface area contributed by atoms with Crippen LogP contribution in [-0.4, -0.2) is 10.8 Å². The first-order valence-electron chi connectivity index (χ1n) is 5.59. The molecule has 0 bridgehead atoms. The van der Waals surface area contributed by atoms with Gasteiger partial charge in [0.1, 0.15) is 5.69 Å². The van der Waals surface area contributed by atoms with Crippen molar-refractivity contribution in [3.63, 3.8) is 0 Å². The summed E-state index contributed by atoms with van der Waals surface area (Å²) in [6.45, 7) is 0. The predicted molar refractivity (Wildman–Crippen MR) is 69.5 cm³/mol. The number of nitro groups is 1. The van der Waals surface area contributed by atoms with Gasteiger partial charge in [0, 0.05) is 17.7 Å². The molecule has 0 saturated carbocycles. The zero-order valence-electron chi connectivity index (χ0n) is 9.74. The zero-order valence-corrected chi connectivity index (χ0v) is 9.74. The Morgan fingerprint density at radius 2 is 1.95 bits per heavy atom. The molecule has 0 aromatic heterocycles. The second kappa shape index (κ2) is 4.41. The standard InChI is InChI=1S/C13H9N3O3/c17-16(18)10-6-7-12-11(8-10)14-13(15-19-12)9-4-2-1-3-5-9/h1-8H,(H,14,15). The van der Waals surface area contributed by atoms with Crippen LogP contribution >= 0.6 is 0 Å². The molecule has 3 rings (SSSR count). The van der Waals surface area contributed by atoms with Crippen LogP contribution in [0.1, 0.15) is 5.56 Å². The minimum atomic E-state index is -0.458. The summed E-state index contributed by atoms with van der Waals surface area (Å²) in [5.41, 5.74) is 3.99. The van der Waals surface area contributed by atoms with E-state index in [1.807, 2.05) is 30.3 Å². The van der Waals surface area contributed by atoms with Gasteiger partial charge in [-0.25, -0.2) is 10.5 Å². The van der Waals surface area contributed by atoms with Crippen LogP contribution in [0.15, 0.2) is 53.5 Å². The summed E-state index contributed by atoms with van der Waals surface area (Å²) in [6, 6.07) is 13.7. The SMILES string of the molecule is O=[N+]([O-])c1ccc2c(c1)N=C(c1ccccc1)NO2. The van der Waals surface area contributed by atoms with Crippen LogP contribution in [0.3, 0.4) is 0 Å². The number of aliphatic imine (C=N–C) groups is 1. The fraction of sp³-hybridized carbons (Fsp3) is 0. The van der Waals surface area contributed by atoms with Gasteiger partial charge in [-0.2, -0.15) is 0 Å². The minimum Gasteiger partial charge on any atom is -0.378 e. The molecule has 19 heavy (non-hydrogen) atoms. The van der Waals surface area contributed by atoms with Crippen LogP contribution in [0, 0.1) is 10.1 Å². The zero-order chi connectivity index (χ0) is 13.2. The van der Waals surface area contributed by atoms with Gasteiger partial charge in [-0.1, -0.05) is 30.3 Å². The van der Waals surface area contributed by atoms with Crippen molar-refractivity contribution in [2.75, 3.05) is 0 Å². The van der Waals surface area contributed by atoms with Gasteiger partial charge < -0.3 is 4.84 Å². The number of rotatable bonds is 2. The fourth-order valence-electron chi connectivity index (χ4n) is 1.76. The first-order chi connectivity index (χ1) is 9.24. The molecular weight excluding hydrogens is 246 g/mol. The molecule has 0 unspecified atom stereocenters. The molecule has 94 valence electrons. The van der Waals surface area contributed by atoms with Gasteiger partial charge in [0.15, 0.2) is 11.6 Å². The largest absolute Gasteiger partial charge is 0.378 e. The highest BCUT2D eigenvalue weighted by atomic mass is 16.7. The van der Waals surface area contributed by atoms with Gasteiger partial charge >= 0.3 is 0 Å². The predicted octanol–water partition coefficient (Wildman–Crippen LogP) is 2.57.